The maximum absolute atomic E-state index is 14.0. The Bertz CT molecular complexity index is 1810. The summed E-state index contributed by atoms with van der Waals surface area (Å²) in [6.07, 6.45) is 3.65. The van der Waals surface area contributed by atoms with E-state index in [1.54, 1.807) is 16.3 Å². The first kappa shape index (κ1) is 28.4. The lowest BCUT2D eigenvalue weighted by atomic mass is 9.96. The molecule has 1 aliphatic heterocycles. The average molecular weight is 637 g/mol. The number of aryl methyl sites for hydroxylation is 1. The quantitative estimate of drug-likeness (QED) is 0.190. The number of aromatic nitrogens is 2. The fourth-order valence-corrected chi connectivity index (χ4v) is 6.73. The van der Waals surface area contributed by atoms with Crippen LogP contribution in [0.1, 0.15) is 49.3 Å². The van der Waals surface area contributed by atoms with Gasteiger partial charge in [-0.2, -0.15) is 0 Å². The third-order valence-corrected chi connectivity index (χ3v) is 9.11. The van der Waals surface area contributed by atoms with Gasteiger partial charge in [-0.15, -0.1) is 11.8 Å². The second-order valence-corrected chi connectivity index (χ2v) is 12.8. The van der Waals surface area contributed by atoms with Gasteiger partial charge in [-0.25, -0.2) is 9.79 Å². The Hall–Kier alpha value is -3.14. The number of thioether (sulfide) groups is 1. The standard InChI is InChI=1S/C31H30BrN3O3S2/c1-17(2)38-30(37)27-19(4)33-31-35(28(27)21-7-13-25(39-6)14-8-21)29(36)26(40-31)16-22-15-18(3)34(20(22)5)24-11-9-23(32)10-12-24/h7-17,28H,1-6H3/b26-16-/t28-/m1/s1. The third-order valence-electron chi connectivity index (χ3n) is 6.86. The van der Waals surface area contributed by atoms with Gasteiger partial charge < -0.3 is 9.30 Å². The van der Waals surface area contributed by atoms with Crippen LogP contribution < -0.4 is 14.9 Å². The summed E-state index contributed by atoms with van der Waals surface area (Å²) >= 11 is 6.48. The molecule has 0 bridgehead atoms. The Morgan fingerprint density at radius 3 is 2.40 bits per heavy atom. The minimum atomic E-state index is -0.629. The van der Waals surface area contributed by atoms with Gasteiger partial charge in [-0.05, 0) is 101 Å². The van der Waals surface area contributed by atoms with Crippen LogP contribution in [0.25, 0.3) is 11.8 Å². The van der Waals surface area contributed by atoms with Crippen LogP contribution in [0.4, 0.5) is 0 Å². The molecule has 6 nitrogen and oxygen atoms in total. The molecule has 40 heavy (non-hydrogen) atoms. The fraction of sp³-hybridized carbons (Fsp3) is 0.258. The topological polar surface area (TPSA) is 65.6 Å². The van der Waals surface area contributed by atoms with E-state index in [2.05, 4.69) is 52.5 Å². The van der Waals surface area contributed by atoms with Crippen LogP contribution in [0.2, 0.25) is 0 Å². The molecule has 5 rings (SSSR count). The maximum Gasteiger partial charge on any atom is 0.338 e. The second kappa shape index (κ2) is 11.4. The van der Waals surface area contributed by atoms with Crippen molar-refractivity contribution in [2.75, 3.05) is 6.26 Å². The summed E-state index contributed by atoms with van der Waals surface area (Å²) in [5, 5.41) is 0. The van der Waals surface area contributed by atoms with E-state index in [1.807, 2.05) is 69.5 Å². The number of benzene rings is 2. The summed E-state index contributed by atoms with van der Waals surface area (Å²) in [6, 6.07) is 17.6. The highest BCUT2D eigenvalue weighted by Gasteiger charge is 2.33. The van der Waals surface area contributed by atoms with Crippen molar-refractivity contribution in [3.63, 3.8) is 0 Å². The monoisotopic (exact) mass is 635 g/mol. The Balaban J connectivity index is 1.67. The number of carbonyl (C=O) groups is 1. The molecule has 3 heterocycles. The van der Waals surface area contributed by atoms with E-state index in [1.165, 1.54) is 11.3 Å². The number of ether oxygens (including phenoxy) is 1. The molecule has 0 saturated heterocycles. The highest BCUT2D eigenvalue weighted by Crippen LogP contribution is 2.32. The molecule has 0 saturated carbocycles. The first-order chi connectivity index (χ1) is 19.1. The summed E-state index contributed by atoms with van der Waals surface area (Å²) in [4.78, 5) is 33.7. The summed E-state index contributed by atoms with van der Waals surface area (Å²) in [6.45, 7) is 9.55. The predicted molar refractivity (Wildman–Crippen MR) is 166 cm³/mol. The number of allylic oxidation sites excluding steroid dienone is 1. The summed E-state index contributed by atoms with van der Waals surface area (Å²) in [5.74, 6) is -0.456. The Morgan fingerprint density at radius 1 is 1.10 bits per heavy atom. The molecule has 0 aliphatic carbocycles. The van der Waals surface area contributed by atoms with Crippen LogP contribution in [-0.2, 0) is 9.53 Å². The minimum absolute atomic E-state index is 0.182. The van der Waals surface area contributed by atoms with Crippen molar-refractivity contribution in [1.29, 1.82) is 0 Å². The summed E-state index contributed by atoms with van der Waals surface area (Å²) in [5.41, 5.74) is 5.72. The van der Waals surface area contributed by atoms with Gasteiger partial charge in [0, 0.05) is 26.4 Å². The second-order valence-electron chi connectivity index (χ2n) is 9.95. The highest BCUT2D eigenvalue weighted by molar-refractivity contribution is 9.10. The van der Waals surface area contributed by atoms with Crippen LogP contribution in [0.5, 0.6) is 0 Å². The molecular formula is C31H30BrN3O3S2. The number of carbonyl (C=O) groups excluding carboxylic acids is 1. The predicted octanol–water partition coefficient (Wildman–Crippen LogP) is 6.08. The van der Waals surface area contributed by atoms with Crippen molar-refractivity contribution in [3.05, 3.63) is 113 Å². The molecule has 4 aromatic rings. The smallest absolute Gasteiger partial charge is 0.338 e. The molecular weight excluding hydrogens is 606 g/mol. The maximum atomic E-state index is 14.0. The molecule has 0 radical (unpaired) electrons. The van der Waals surface area contributed by atoms with Crippen molar-refractivity contribution in [2.45, 2.75) is 51.7 Å². The lowest BCUT2D eigenvalue weighted by molar-refractivity contribution is -0.143. The number of halogens is 1. The molecule has 206 valence electrons. The van der Waals surface area contributed by atoms with E-state index in [-0.39, 0.29) is 11.7 Å². The molecule has 2 aromatic carbocycles. The molecule has 9 heteroatoms. The molecule has 0 N–H and O–H groups in total. The SMILES string of the molecule is CSc1ccc([C@@H]2C(C(=O)OC(C)C)=C(C)N=c3s/c(=C\c4cc(C)n(-c5ccc(Br)cc5)c4C)c(=O)n32)cc1. The number of nitrogens with zero attached hydrogens (tertiary/aromatic N) is 3. The molecule has 0 unspecified atom stereocenters. The molecule has 0 amide bonds. The molecule has 0 spiro atoms. The molecule has 0 fully saturated rings. The Labute approximate surface area is 249 Å². The number of fused-ring (bicyclic) bond motifs is 1. The van der Waals surface area contributed by atoms with Gasteiger partial charge in [0.2, 0.25) is 0 Å². The van der Waals surface area contributed by atoms with Crippen LogP contribution in [0.3, 0.4) is 0 Å². The van der Waals surface area contributed by atoms with Crippen molar-refractivity contribution >= 4 is 51.1 Å². The zero-order valence-electron chi connectivity index (χ0n) is 23.2. The molecule has 1 atom stereocenters. The van der Waals surface area contributed by atoms with E-state index < -0.39 is 12.0 Å². The fourth-order valence-electron chi connectivity index (χ4n) is 5.02. The first-order valence-corrected chi connectivity index (χ1v) is 15.7. The summed E-state index contributed by atoms with van der Waals surface area (Å²) in [7, 11) is 0. The average Bonchev–Trinajstić information content (AvgIpc) is 3.37. The largest absolute Gasteiger partial charge is 0.459 e. The van der Waals surface area contributed by atoms with Crippen molar-refractivity contribution in [3.8, 4) is 5.69 Å². The molecule has 1 aliphatic rings. The van der Waals surface area contributed by atoms with Crippen LogP contribution in [-0.4, -0.2) is 27.5 Å². The van der Waals surface area contributed by atoms with Crippen LogP contribution >= 0.6 is 39.0 Å². The van der Waals surface area contributed by atoms with Gasteiger partial charge in [-0.3, -0.25) is 9.36 Å². The van der Waals surface area contributed by atoms with Gasteiger partial charge in [0.05, 0.1) is 27.9 Å². The number of esters is 1. The van der Waals surface area contributed by atoms with E-state index in [0.717, 1.165) is 37.6 Å². The zero-order chi connectivity index (χ0) is 28.7. The lowest BCUT2D eigenvalue weighted by Gasteiger charge is -2.25. The summed E-state index contributed by atoms with van der Waals surface area (Å²) < 4.78 is 11.0. The van der Waals surface area contributed by atoms with Gasteiger partial charge >= 0.3 is 5.97 Å². The number of hydrogen-bond donors (Lipinski definition) is 0. The number of thiazole rings is 1. The lowest BCUT2D eigenvalue weighted by Crippen LogP contribution is -2.40. The van der Waals surface area contributed by atoms with Gasteiger partial charge in [-0.1, -0.05) is 39.4 Å². The van der Waals surface area contributed by atoms with Crippen molar-refractivity contribution in [2.24, 2.45) is 4.99 Å². The minimum Gasteiger partial charge on any atom is -0.459 e. The van der Waals surface area contributed by atoms with E-state index >= 15 is 0 Å². The number of rotatable bonds is 6. The normalized spacial score (nSPS) is 15.4. The van der Waals surface area contributed by atoms with E-state index in [4.69, 9.17) is 9.73 Å². The van der Waals surface area contributed by atoms with Gasteiger partial charge in [0.15, 0.2) is 4.80 Å². The molecule has 2 aromatic heterocycles. The Morgan fingerprint density at radius 2 is 1.77 bits per heavy atom. The van der Waals surface area contributed by atoms with Gasteiger partial charge in [0.25, 0.3) is 5.56 Å². The van der Waals surface area contributed by atoms with E-state index in [0.29, 0.717) is 20.6 Å². The third kappa shape index (κ3) is 5.30. The van der Waals surface area contributed by atoms with Crippen molar-refractivity contribution in [1.82, 2.24) is 9.13 Å². The Kier molecular flexibility index (Phi) is 8.08. The first-order valence-electron chi connectivity index (χ1n) is 12.9. The number of hydrogen-bond acceptors (Lipinski definition) is 6. The zero-order valence-corrected chi connectivity index (χ0v) is 26.4. The van der Waals surface area contributed by atoms with E-state index in [9.17, 15) is 9.59 Å². The van der Waals surface area contributed by atoms with Crippen LogP contribution in [0, 0.1) is 13.8 Å². The van der Waals surface area contributed by atoms with Crippen LogP contribution in [0.15, 0.2) is 85.0 Å². The van der Waals surface area contributed by atoms with Gasteiger partial charge in [0.1, 0.15) is 0 Å². The van der Waals surface area contributed by atoms with Crippen molar-refractivity contribution < 1.29 is 9.53 Å². The highest BCUT2D eigenvalue weighted by atomic mass is 79.9.